The summed E-state index contributed by atoms with van der Waals surface area (Å²) in [4.78, 5) is 22.3. The minimum atomic E-state index is -5.12. The molecular formula is C15H10F3NO5S. The Morgan fingerprint density at radius 2 is 1.80 bits per heavy atom. The molecule has 1 aliphatic rings. The molecule has 0 saturated heterocycles. The number of carboxylic acids is 1. The van der Waals surface area contributed by atoms with Gasteiger partial charge in [0.1, 0.15) is 18.1 Å². The molecule has 0 bridgehead atoms. The summed E-state index contributed by atoms with van der Waals surface area (Å²) in [5.74, 6) is -2.70. The molecule has 1 aromatic heterocycles. The van der Waals surface area contributed by atoms with Gasteiger partial charge in [0.2, 0.25) is 0 Å². The zero-order chi connectivity index (χ0) is 18.2. The summed E-state index contributed by atoms with van der Waals surface area (Å²) in [6.45, 7) is 0.760. The van der Waals surface area contributed by atoms with Gasteiger partial charge in [0, 0.05) is 4.88 Å². The number of thiophene rings is 1. The van der Waals surface area contributed by atoms with Crippen molar-refractivity contribution < 1.29 is 37.3 Å². The predicted octanol–water partition coefficient (Wildman–Crippen LogP) is 3.39. The number of carbonyl (C=O) groups excluding carboxylic acids is 1. The van der Waals surface area contributed by atoms with E-state index in [0.29, 0.717) is 35.2 Å². The maximum Gasteiger partial charge on any atom is 0.471 e. The molecule has 132 valence electrons. The molecule has 0 spiro atoms. The smallest absolute Gasteiger partial charge is 0.471 e. The molecule has 10 heteroatoms. The summed E-state index contributed by atoms with van der Waals surface area (Å²) in [6.07, 6.45) is -5.12. The van der Waals surface area contributed by atoms with E-state index in [1.165, 1.54) is 6.07 Å². The molecule has 2 N–H and O–H groups in total. The SMILES string of the molecule is O=C(O)c1sc(-c2ccc3c(c2)OCCO3)cc1NC(=O)C(F)(F)F. The second kappa shape index (κ2) is 6.28. The van der Waals surface area contributed by atoms with Crippen molar-refractivity contribution >= 4 is 28.9 Å². The maximum absolute atomic E-state index is 12.4. The number of fused-ring (bicyclic) bond motifs is 1. The Balaban J connectivity index is 1.96. The number of benzene rings is 1. The number of amides is 1. The van der Waals surface area contributed by atoms with E-state index < -0.39 is 28.6 Å². The van der Waals surface area contributed by atoms with Crippen molar-refractivity contribution in [2.45, 2.75) is 6.18 Å². The molecule has 6 nitrogen and oxygen atoms in total. The first kappa shape index (κ1) is 17.1. The van der Waals surface area contributed by atoms with E-state index in [1.54, 1.807) is 23.5 Å². The van der Waals surface area contributed by atoms with Crippen LogP contribution >= 0.6 is 11.3 Å². The van der Waals surface area contributed by atoms with Gasteiger partial charge in [-0.05, 0) is 29.8 Å². The Bertz CT molecular complexity index is 846. The molecule has 0 radical (unpaired) electrons. The zero-order valence-corrected chi connectivity index (χ0v) is 13.2. The van der Waals surface area contributed by atoms with E-state index in [1.807, 2.05) is 0 Å². The Morgan fingerprint density at radius 1 is 1.12 bits per heavy atom. The molecular weight excluding hydrogens is 363 g/mol. The van der Waals surface area contributed by atoms with Crippen LogP contribution in [0.1, 0.15) is 9.67 Å². The molecule has 0 saturated carbocycles. The van der Waals surface area contributed by atoms with E-state index in [0.717, 1.165) is 11.3 Å². The Labute approximate surface area is 142 Å². The lowest BCUT2D eigenvalue weighted by Crippen LogP contribution is -2.30. The minimum absolute atomic E-state index is 0.355. The highest BCUT2D eigenvalue weighted by Crippen LogP contribution is 2.40. The van der Waals surface area contributed by atoms with Gasteiger partial charge in [0.25, 0.3) is 0 Å². The molecule has 1 aliphatic heterocycles. The lowest BCUT2D eigenvalue weighted by Gasteiger charge is -2.18. The fraction of sp³-hybridized carbons (Fsp3) is 0.200. The summed E-state index contributed by atoms with van der Waals surface area (Å²) >= 11 is 0.746. The van der Waals surface area contributed by atoms with Crippen LogP contribution in [-0.2, 0) is 4.79 Å². The molecule has 0 fully saturated rings. The minimum Gasteiger partial charge on any atom is -0.486 e. The average Bonchev–Trinajstić information content (AvgIpc) is 2.97. The second-order valence-electron chi connectivity index (χ2n) is 4.97. The van der Waals surface area contributed by atoms with Gasteiger partial charge in [-0.15, -0.1) is 11.3 Å². The largest absolute Gasteiger partial charge is 0.486 e. The number of aromatic carboxylic acids is 1. The quantitative estimate of drug-likeness (QED) is 0.862. The van der Waals surface area contributed by atoms with Crippen LogP contribution in [0.4, 0.5) is 18.9 Å². The summed E-state index contributed by atoms with van der Waals surface area (Å²) in [7, 11) is 0. The van der Waals surface area contributed by atoms with Crippen LogP contribution in [0.2, 0.25) is 0 Å². The second-order valence-corrected chi connectivity index (χ2v) is 6.02. The van der Waals surface area contributed by atoms with Crippen LogP contribution in [0.5, 0.6) is 11.5 Å². The molecule has 1 amide bonds. The number of hydrogen-bond donors (Lipinski definition) is 2. The van der Waals surface area contributed by atoms with E-state index in [-0.39, 0.29) is 0 Å². The van der Waals surface area contributed by atoms with Crippen molar-refractivity contribution in [3.05, 3.63) is 29.1 Å². The van der Waals surface area contributed by atoms with Crippen molar-refractivity contribution in [2.24, 2.45) is 0 Å². The first-order chi connectivity index (χ1) is 11.8. The summed E-state index contributed by atoms with van der Waals surface area (Å²) in [6, 6.07) is 6.03. The highest BCUT2D eigenvalue weighted by Gasteiger charge is 2.39. The third-order valence-electron chi connectivity index (χ3n) is 3.26. The van der Waals surface area contributed by atoms with Crippen molar-refractivity contribution in [3.8, 4) is 21.9 Å². The van der Waals surface area contributed by atoms with Crippen LogP contribution in [0.15, 0.2) is 24.3 Å². The Morgan fingerprint density at radius 3 is 2.44 bits per heavy atom. The summed E-state index contributed by atoms with van der Waals surface area (Å²) in [5.41, 5.74) is 0.119. The van der Waals surface area contributed by atoms with Crippen molar-refractivity contribution in [1.29, 1.82) is 0 Å². The molecule has 2 aromatic rings. The number of ether oxygens (including phenoxy) is 2. The molecule has 3 rings (SSSR count). The standard InChI is InChI=1S/C15H10F3NO5S/c16-15(17,18)14(22)19-8-6-11(25-12(8)13(20)21)7-1-2-9-10(5-7)24-4-3-23-9/h1-2,5-6H,3-4H2,(H,19,22)(H,20,21). The Kier molecular flexibility index (Phi) is 4.29. The molecule has 25 heavy (non-hydrogen) atoms. The van der Waals surface area contributed by atoms with Gasteiger partial charge in [-0.3, -0.25) is 4.79 Å². The van der Waals surface area contributed by atoms with Gasteiger partial charge >= 0.3 is 18.1 Å². The fourth-order valence-corrected chi connectivity index (χ4v) is 3.12. The van der Waals surface area contributed by atoms with Crippen LogP contribution in [0.25, 0.3) is 10.4 Å². The van der Waals surface area contributed by atoms with Crippen LogP contribution in [-0.4, -0.2) is 36.4 Å². The predicted molar refractivity (Wildman–Crippen MR) is 82.4 cm³/mol. The molecule has 0 unspecified atom stereocenters. The number of carbonyl (C=O) groups is 2. The third kappa shape index (κ3) is 3.53. The van der Waals surface area contributed by atoms with Crippen molar-refractivity contribution in [2.75, 3.05) is 18.5 Å². The fourth-order valence-electron chi connectivity index (χ4n) is 2.17. The molecule has 0 aliphatic carbocycles. The van der Waals surface area contributed by atoms with Crippen LogP contribution in [0, 0.1) is 0 Å². The molecule has 0 atom stereocenters. The average molecular weight is 373 g/mol. The summed E-state index contributed by atoms with van der Waals surface area (Å²) in [5, 5.41) is 10.8. The number of carboxylic acid groups (broad SMARTS) is 1. The normalized spacial score (nSPS) is 13.4. The van der Waals surface area contributed by atoms with Crippen molar-refractivity contribution in [3.63, 3.8) is 0 Å². The van der Waals surface area contributed by atoms with Gasteiger partial charge in [-0.2, -0.15) is 13.2 Å². The van der Waals surface area contributed by atoms with E-state index in [4.69, 9.17) is 14.6 Å². The number of halogens is 3. The highest BCUT2D eigenvalue weighted by atomic mass is 32.1. The first-order valence-electron chi connectivity index (χ1n) is 6.91. The Hall–Kier alpha value is -2.75. The van der Waals surface area contributed by atoms with E-state index in [9.17, 15) is 22.8 Å². The number of alkyl halides is 3. The number of rotatable bonds is 3. The van der Waals surface area contributed by atoms with Gasteiger partial charge < -0.3 is 19.9 Å². The maximum atomic E-state index is 12.4. The highest BCUT2D eigenvalue weighted by molar-refractivity contribution is 7.18. The van der Waals surface area contributed by atoms with Crippen LogP contribution in [0.3, 0.4) is 0 Å². The zero-order valence-electron chi connectivity index (χ0n) is 12.3. The molecule has 2 heterocycles. The number of nitrogens with one attached hydrogen (secondary N) is 1. The monoisotopic (exact) mass is 373 g/mol. The number of anilines is 1. The lowest BCUT2D eigenvalue weighted by atomic mass is 10.1. The molecule has 1 aromatic carbocycles. The number of hydrogen-bond acceptors (Lipinski definition) is 5. The van der Waals surface area contributed by atoms with E-state index >= 15 is 0 Å². The van der Waals surface area contributed by atoms with Gasteiger partial charge in [0.15, 0.2) is 11.5 Å². The van der Waals surface area contributed by atoms with Crippen molar-refractivity contribution in [1.82, 2.24) is 0 Å². The first-order valence-corrected chi connectivity index (χ1v) is 7.72. The topological polar surface area (TPSA) is 84.9 Å². The van der Waals surface area contributed by atoms with Gasteiger partial charge in [-0.25, -0.2) is 4.79 Å². The lowest BCUT2D eigenvalue weighted by molar-refractivity contribution is -0.167. The van der Waals surface area contributed by atoms with Crippen LogP contribution < -0.4 is 14.8 Å². The van der Waals surface area contributed by atoms with E-state index in [2.05, 4.69) is 0 Å². The van der Waals surface area contributed by atoms with Gasteiger partial charge in [0.05, 0.1) is 5.69 Å². The van der Waals surface area contributed by atoms with Gasteiger partial charge in [-0.1, -0.05) is 0 Å². The summed E-state index contributed by atoms with van der Waals surface area (Å²) < 4.78 is 48.0. The third-order valence-corrected chi connectivity index (χ3v) is 4.43.